The monoisotopic (exact) mass is 663 g/mol. The molecular formula is C46H37N3O2. The van der Waals surface area contributed by atoms with E-state index in [-0.39, 0.29) is 11.5 Å². The Kier molecular flexibility index (Phi) is 6.94. The molecule has 5 heteroatoms. The quantitative estimate of drug-likeness (QED) is 0.193. The van der Waals surface area contributed by atoms with Gasteiger partial charge in [-0.05, 0) is 143 Å². The lowest BCUT2D eigenvalue weighted by atomic mass is 10.1. The van der Waals surface area contributed by atoms with Gasteiger partial charge in [-0.2, -0.15) is 0 Å². The molecule has 9 rings (SSSR count). The Labute approximate surface area is 296 Å². The number of phenols is 2. The first-order chi connectivity index (χ1) is 24.7. The van der Waals surface area contributed by atoms with Crippen molar-refractivity contribution in [3.63, 3.8) is 0 Å². The average Bonchev–Trinajstić information content (AvgIpc) is 3.61. The lowest BCUT2D eigenvalue weighted by molar-refractivity contribution is 0.475. The number of fused-ring (bicyclic) bond motifs is 6. The van der Waals surface area contributed by atoms with Crippen molar-refractivity contribution in [1.29, 1.82) is 0 Å². The first-order valence-corrected chi connectivity index (χ1v) is 17.3. The van der Waals surface area contributed by atoms with Crippen LogP contribution >= 0.6 is 0 Å². The van der Waals surface area contributed by atoms with E-state index in [9.17, 15) is 10.2 Å². The van der Waals surface area contributed by atoms with Crippen molar-refractivity contribution in [3.05, 3.63) is 162 Å². The van der Waals surface area contributed by atoms with Crippen molar-refractivity contribution >= 4 is 60.7 Å². The fourth-order valence-corrected chi connectivity index (χ4v) is 7.68. The van der Waals surface area contributed by atoms with Crippen molar-refractivity contribution in [2.75, 3.05) is 4.90 Å². The van der Waals surface area contributed by atoms with Crippen molar-refractivity contribution in [2.45, 2.75) is 27.7 Å². The summed E-state index contributed by atoms with van der Waals surface area (Å²) in [5, 5.41) is 25.4. The van der Waals surface area contributed by atoms with Gasteiger partial charge in [-0.1, -0.05) is 46.5 Å². The molecule has 0 saturated heterocycles. The molecule has 2 aromatic heterocycles. The molecule has 0 spiro atoms. The highest BCUT2D eigenvalue weighted by Crippen LogP contribution is 2.42. The van der Waals surface area contributed by atoms with E-state index in [2.05, 4.69) is 133 Å². The summed E-state index contributed by atoms with van der Waals surface area (Å²) in [6.07, 6.45) is 0. The van der Waals surface area contributed by atoms with E-state index in [0.29, 0.717) is 0 Å². The van der Waals surface area contributed by atoms with E-state index in [1.54, 1.807) is 24.3 Å². The average molecular weight is 664 g/mol. The minimum atomic E-state index is 0.200. The summed E-state index contributed by atoms with van der Waals surface area (Å²) in [6.45, 7) is 8.60. The summed E-state index contributed by atoms with van der Waals surface area (Å²) in [5.41, 5.74) is 14.2. The number of hydrogen-bond donors (Lipinski definition) is 2. The van der Waals surface area contributed by atoms with Gasteiger partial charge in [-0.25, -0.2) is 0 Å². The summed E-state index contributed by atoms with van der Waals surface area (Å²) < 4.78 is 4.76. The zero-order valence-electron chi connectivity index (χ0n) is 29.0. The zero-order chi connectivity index (χ0) is 35.0. The predicted octanol–water partition coefficient (Wildman–Crippen LogP) is 12.0. The molecule has 0 amide bonds. The third-order valence-electron chi connectivity index (χ3n) is 10.0. The van der Waals surface area contributed by atoms with Gasteiger partial charge in [-0.3, -0.25) is 0 Å². The summed E-state index contributed by atoms with van der Waals surface area (Å²) >= 11 is 0. The number of phenolic OH excluding ortho intramolecular Hbond substituents is 2. The lowest BCUT2D eigenvalue weighted by Crippen LogP contribution is -2.11. The maximum absolute atomic E-state index is 10.3. The molecule has 0 radical (unpaired) electrons. The van der Waals surface area contributed by atoms with Crippen molar-refractivity contribution < 1.29 is 10.2 Å². The first-order valence-electron chi connectivity index (χ1n) is 17.3. The van der Waals surface area contributed by atoms with E-state index in [4.69, 9.17) is 0 Å². The second kappa shape index (κ2) is 11.6. The fraction of sp³-hybridized carbons (Fsp3) is 0.0870. The molecule has 0 aliphatic carbocycles. The summed E-state index contributed by atoms with van der Waals surface area (Å²) in [5.74, 6) is 0.399. The number of nitrogens with zero attached hydrogens (tertiary/aromatic N) is 3. The maximum atomic E-state index is 10.3. The molecule has 0 aliphatic rings. The molecule has 2 heterocycles. The van der Waals surface area contributed by atoms with Crippen molar-refractivity contribution in [1.82, 2.24) is 9.13 Å². The van der Waals surface area contributed by atoms with Crippen LogP contribution in [0.5, 0.6) is 11.5 Å². The van der Waals surface area contributed by atoms with Gasteiger partial charge in [0.15, 0.2) is 0 Å². The van der Waals surface area contributed by atoms with Gasteiger partial charge in [0, 0.05) is 32.9 Å². The molecule has 0 bridgehead atoms. The van der Waals surface area contributed by atoms with Gasteiger partial charge >= 0.3 is 0 Å². The van der Waals surface area contributed by atoms with Crippen LogP contribution in [-0.4, -0.2) is 19.3 Å². The van der Waals surface area contributed by atoms with Crippen LogP contribution in [0.15, 0.2) is 140 Å². The highest BCUT2D eigenvalue weighted by Gasteiger charge is 2.21. The van der Waals surface area contributed by atoms with Crippen LogP contribution in [-0.2, 0) is 0 Å². The number of hydrogen-bond acceptors (Lipinski definition) is 3. The first kappa shape index (κ1) is 30.6. The van der Waals surface area contributed by atoms with E-state index < -0.39 is 0 Å². The highest BCUT2D eigenvalue weighted by molar-refractivity contribution is 6.11. The van der Waals surface area contributed by atoms with E-state index in [0.717, 1.165) is 50.5 Å². The molecule has 248 valence electrons. The normalized spacial score (nSPS) is 11.7. The third-order valence-corrected chi connectivity index (χ3v) is 10.0. The molecule has 9 aromatic rings. The smallest absolute Gasteiger partial charge is 0.115 e. The van der Waals surface area contributed by atoms with E-state index >= 15 is 0 Å². The van der Waals surface area contributed by atoms with Gasteiger partial charge in [-0.15, -0.1) is 0 Å². The summed E-state index contributed by atoms with van der Waals surface area (Å²) in [6, 6.07) is 48.1. The fourth-order valence-electron chi connectivity index (χ4n) is 7.68. The van der Waals surface area contributed by atoms with Crippen LogP contribution in [0.1, 0.15) is 22.3 Å². The van der Waals surface area contributed by atoms with Gasteiger partial charge in [0.25, 0.3) is 0 Å². The van der Waals surface area contributed by atoms with Crippen LogP contribution in [0.4, 0.5) is 17.1 Å². The van der Waals surface area contributed by atoms with Gasteiger partial charge in [0.1, 0.15) is 11.5 Å². The minimum Gasteiger partial charge on any atom is -0.508 e. The van der Waals surface area contributed by atoms with Gasteiger partial charge in [0.2, 0.25) is 0 Å². The molecule has 0 fully saturated rings. The second-order valence-electron chi connectivity index (χ2n) is 13.8. The van der Waals surface area contributed by atoms with Crippen molar-refractivity contribution in [2.24, 2.45) is 0 Å². The predicted molar refractivity (Wildman–Crippen MR) is 212 cm³/mol. The standard InChI is InChI=1S/C46H37N3O2/c1-28-5-17-43-39(21-28)40-22-29(2)6-18-44(40)48(43)35-25-34(47(32-9-13-37(50)14-10-32)33-11-15-38(51)16-12-33)26-36(27-35)49-45-19-7-30(3)23-41(45)42-24-31(4)8-20-46(42)49/h5-27,50-51H,1-4H3. The highest BCUT2D eigenvalue weighted by atomic mass is 16.3. The Bertz CT molecular complexity index is 2500. The molecule has 0 atom stereocenters. The van der Waals surface area contributed by atoms with E-state index in [1.165, 1.54) is 43.8 Å². The number of aromatic hydroxyl groups is 2. The molecule has 51 heavy (non-hydrogen) atoms. The zero-order valence-corrected chi connectivity index (χ0v) is 29.0. The topological polar surface area (TPSA) is 53.6 Å². The maximum Gasteiger partial charge on any atom is 0.115 e. The Morgan fingerprint density at radius 3 is 0.980 bits per heavy atom. The SMILES string of the molecule is Cc1ccc2c(c1)c1cc(C)ccc1n2-c1cc(N(c2ccc(O)cc2)c2ccc(O)cc2)cc(-n2c3ccc(C)cc3c3cc(C)ccc32)c1. The Morgan fingerprint density at radius 1 is 0.353 bits per heavy atom. The molecular weight excluding hydrogens is 627 g/mol. The third kappa shape index (κ3) is 5.09. The second-order valence-corrected chi connectivity index (χ2v) is 13.8. The molecule has 0 aliphatic heterocycles. The largest absolute Gasteiger partial charge is 0.508 e. The number of anilines is 3. The van der Waals surface area contributed by atoms with Crippen LogP contribution in [0, 0.1) is 27.7 Å². The van der Waals surface area contributed by atoms with Gasteiger partial charge in [0.05, 0.1) is 39.1 Å². The molecule has 5 nitrogen and oxygen atoms in total. The number of rotatable bonds is 5. The summed E-state index contributed by atoms with van der Waals surface area (Å²) in [4.78, 5) is 2.18. The van der Waals surface area contributed by atoms with Crippen LogP contribution in [0.2, 0.25) is 0 Å². The van der Waals surface area contributed by atoms with Crippen LogP contribution in [0.3, 0.4) is 0 Å². The summed E-state index contributed by atoms with van der Waals surface area (Å²) in [7, 11) is 0. The number of benzene rings is 7. The van der Waals surface area contributed by atoms with Crippen molar-refractivity contribution in [3.8, 4) is 22.9 Å². The lowest BCUT2D eigenvalue weighted by Gasteiger charge is -2.27. The molecule has 2 N–H and O–H groups in total. The number of aromatic nitrogens is 2. The minimum absolute atomic E-state index is 0.200. The van der Waals surface area contributed by atoms with E-state index in [1.807, 2.05) is 24.3 Å². The molecule has 7 aromatic carbocycles. The number of aryl methyl sites for hydroxylation is 4. The Morgan fingerprint density at radius 2 is 0.667 bits per heavy atom. The van der Waals surface area contributed by atoms with Crippen LogP contribution < -0.4 is 4.90 Å². The Hall–Kier alpha value is -6.46. The molecule has 0 unspecified atom stereocenters. The van der Waals surface area contributed by atoms with Gasteiger partial charge < -0.3 is 24.2 Å². The van der Waals surface area contributed by atoms with Crippen LogP contribution in [0.25, 0.3) is 55.0 Å². The Balaban J connectivity index is 1.42. The molecule has 0 saturated carbocycles.